The van der Waals surface area contributed by atoms with Crippen molar-refractivity contribution in [3.63, 3.8) is 0 Å². The number of rotatable bonds is 4. The Kier molecular flexibility index (Phi) is 8.91. The summed E-state index contributed by atoms with van der Waals surface area (Å²) in [6, 6.07) is 16.9. The second kappa shape index (κ2) is 10.6. The third kappa shape index (κ3) is 6.05. The second-order valence-corrected chi connectivity index (χ2v) is 6.01. The molecule has 1 aliphatic heterocycles. The molecule has 1 heterocycles. The number of para-hydroxylation sites is 1. The van der Waals surface area contributed by atoms with Gasteiger partial charge in [0.2, 0.25) is 5.91 Å². The van der Waals surface area contributed by atoms with E-state index in [2.05, 4.69) is 22.3 Å². The molecule has 0 saturated carbocycles. The lowest BCUT2D eigenvalue weighted by Crippen LogP contribution is -2.51. The van der Waals surface area contributed by atoms with Gasteiger partial charge in [0.25, 0.3) is 5.91 Å². The molecule has 6 nitrogen and oxygen atoms in total. The molecule has 3 N–H and O–H groups in total. The van der Waals surface area contributed by atoms with Crippen LogP contribution in [0.1, 0.15) is 10.4 Å². The van der Waals surface area contributed by atoms with Crippen molar-refractivity contribution in [3.05, 3.63) is 60.2 Å². The van der Waals surface area contributed by atoms with Crippen molar-refractivity contribution in [2.45, 2.75) is 0 Å². The number of carbonyl (C=O) groups excluding carboxylic acids is 2. The summed E-state index contributed by atoms with van der Waals surface area (Å²) in [6.07, 6.45) is 0. The number of hydrogen-bond acceptors (Lipinski definition) is 4. The summed E-state index contributed by atoms with van der Waals surface area (Å²) < 4.78 is 0. The fraction of sp³-hybridized carbons (Fsp3) is 0.263. The minimum atomic E-state index is -0.288. The van der Waals surface area contributed by atoms with Crippen LogP contribution in [0.4, 0.5) is 11.4 Å². The van der Waals surface area contributed by atoms with Crippen LogP contribution in [-0.4, -0.2) is 49.4 Å². The number of nitrogens with zero attached hydrogens (tertiary/aromatic N) is 2. The van der Waals surface area contributed by atoms with Crippen LogP contribution in [0.2, 0.25) is 0 Å². The first-order valence-corrected chi connectivity index (χ1v) is 8.35. The minimum Gasteiger partial charge on any atom is -0.399 e. The number of piperazine rings is 1. The summed E-state index contributed by atoms with van der Waals surface area (Å²) in [6.45, 7) is 2.89. The number of amides is 2. The second-order valence-electron chi connectivity index (χ2n) is 6.01. The normalized spacial score (nSPS) is 13.2. The third-order valence-electron chi connectivity index (χ3n) is 4.30. The first kappa shape index (κ1) is 22.6. The van der Waals surface area contributed by atoms with Gasteiger partial charge in [-0.1, -0.05) is 24.3 Å². The Balaban J connectivity index is 0.00000182. The predicted molar refractivity (Wildman–Crippen MR) is 113 cm³/mol. The van der Waals surface area contributed by atoms with Crippen LogP contribution in [-0.2, 0) is 4.79 Å². The van der Waals surface area contributed by atoms with Crippen molar-refractivity contribution in [1.82, 2.24) is 10.2 Å². The average Bonchev–Trinajstić information content (AvgIpc) is 2.66. The van der Waals surface area contributed by atoms with E-state index in [0.29, 0.717) is 24.3 Å². The standard InChI is InChI=1S/C19H22N4O2.2ClH/c20-16-6-4-5-15(13-16)19(25)21-14-18(24)23-11-9-22(10-12-23)17-7-2-1-3-8-17;;/h1-8,13H,9-12,14,20H2,(H,21,25);2*1H. The van der Waals surface area contributed by atoms with E-state index in [0.717, 1.165) is 13.1 Å². The van der Waals surface area contributed by atoms with Crippen molar-refractivity contribution in [2.24, 2.45) is 0 Å². The summed E-state index contributed by atoms with van der Waals surface area (Å²) in [5.41, 5.74) is 7.83. The lowest BCUT2D eigenvalue weighted by atomic mass is 10.2. The summed E-state index contributed by atoms with van der Waals surface area (Å²) in [4.78, 5) is 28.4. The highest BCUT2D eigenvalue weighted by Crippen LogP contribution is 2.15. The van der Waals surface area contributed by atoms with Crippen molar-refractivity contribution in [2.75, 3.05) is 43.4 Å². The zero-order chi connectivity index (χ0) is 17.6. The molecule has 146 valence electrons. The third-order valence-corrected chi connectivity index (χ3v) is 4.30. The van der Waals surface area contributed by atoms with Gasteiger partial charge in [0.1, 0.15) is 0 Å². The van der Waals surface area contributed by atoms with Crippen LogP contribution in [0, 0.1) is 0 Å². The Morgan fingerprint density at radius 3 is 2.22 bits per heavy atom. The van der Waals surface area contributed by atoms with Gasteiger partial charge in [-0.2, -0.15) is 0 Å². The number of benzene rings is 2. The maximum Gasteiger partial charge on any atom is 0.251 e. The van der Waals surface area contributed by atoms with Crippen molar-refractivity contribution in [1.29, 1.82) is 0 Å². The van der Waals surface area contributed by atoms with Crippen LogP contribution in [0.25, 0.3) is 0 Å². The number of nitrogens with one attached hydrogen (secondary N) is 1. The molecule has 1 saturated heterocycles. The number of hydrogen-bond donors (Lipinski definition) is 2. The van der Waals surface area contributed by atoms with Crippen LogP contribution in [0.15, 0.2) is 54.6 Å². The fourth-order valence-corrected chi connectivity index (χ4v) is 2.90. The molecule has 0 radical (unpaired) electrons. The van der Waals surface area contributed by atoms with E-state index in [9.17, 15) is 9.59 Å². The lowest BCUT2D eigenvalue weighted by Gasteiger charge is -2.36. The SMILES string of the molecule is Cl.Cl.Nc1cccc(C(=O)NCC(=O)N2CCN(c3ccccc3)CC2)c1. The molecular formula is C19H24Cl2N4O2. The number of nitrogen functional groups attached to an aromatic ring is 1. The number of nitrogens with two attached hydrogens (primary N) is 1. The van der Waals surface area contributed by atoms with Crippen LogP contribution in [0.3, 0.4) is 0 Å². The molecule has 2 aromatic rings. The smallest absolute Gasteiger partial charge is 0.251 e. The maximum absolute atomic E-state index is 12.3. The quantitative estimate of drug-likeness (QED) is 0.757. The number of carbonyl (C=O) groups is 2. The van der Waals surface area contributed by atoms with Crippen LogP contribution >= 0.6 is 24.8 Å². The summed E-state index contributed by atoms with van der Waals surface area (Å²) in [5.74, 6) is -0.353. The van der Waals surface area contributed by atoms with Crippen LogP contribution in [0.5, 0.6) is 0 Å². The van der Waals surface area contributed by atoms with Gasteiger partial charge in [-0.05, 0) is 30.3 Å². The van der Waals surface area contributed by atoms with Gasteiger partial charge < -0.3 is 20.9 Å². The number of halogens is 2. The van der Waals surface area contributed by atoms with Gasteiger partial charge in [-0.25, -0.2) is 0 Å². The van der Waals surface area contributed by atoms with E-state index in [1.54, 1.807) is 29.2 Å². The molecule has 0 spiro atoms. The molecule has 2 amide bonds. The Labute approximate surface area is 171 Å². The number of anilines is 2. The zero-order valence-corrected chi connectivity index (χ0v) is 16.5. The molecule has 8 heteroatoms. The van der Waals surface area contributed by atoms with Crippen molar-refractivity contribution < 1.29 is 9.59 Å². The first-order chi connectivity index (χ1) is 12.1. The van der Waals surface area contributed by atoms with Crippen molar-refractivity contribution >= 4 is 48.0 Å². The Bertz CT molecular complexity index is 750. The van der Waals surface area contributed by atoms with E-state index in [-0.39, 0.29) is 43.2 Å². The van der Waals surface area contributed by atoms with Gasteiger partial charge in [0.05, 0.1) is 6.54 Å². The molecule has 27 heavy (non-hydrogen) atoms. The monoisotopic (exact) mass is 410 g/mol. The summed E-state index contributed by atoms with van der Waals surface area (Å²) >= 11 is 0. The van der Waals surface area contributed by atoms with Gasteiger partial charge >= 0.3 is 0 Å². The van der Waals surface area contributed by atoms with Gasteiger partial charge in [0, 0.05) is 43.1 Å². The minimum absolute atomic E-state index is 0. The highest BCUT2D eigenvalue weighted by atomic mass is 35.5. The van der Waals surface area contributed by atoms with Gasteiger partial charge in [-0.15, -0.1) is 24.8 Å². The molecule has 0 atom stereocenters. The van der Waals surface area contributed by atoms with E-state index in [1.807, 2.05) is 18.2 Å². The van der Waals surface area contributed by atoms with Gasteiger partial charge in [0.15, 0.2) is 0 Å². The lowest BCUT2D eigenvalue weighted by molar-refractivity contribution is -0.130. The molecule has 0 unspecified atom stereocenters. The Morgan fingerprint density at radius 2 is 1.59 bits per heavy atom. The Morgan fingerprint density at radius 1 is 0.926 bits per heavy atom. The van der Waals surface area contributed by atoms with Crippen LogP contribution < -0.4 is 16.0 Å². The van der Waals surface area contributed by atoms with Crippen molar-refractivity contribution in [3.8, 4) is 0 Å². The predicted octanol–water partition coefficient (Wildman–Crippen LogP) is 2.19. The topological polar surface area (TPSA) is 78.7 Å². The molecule has 2 aromatic carbocycles. The first-order valence-electron chi connectivity index (χ1n) is 8.35. The molecular weight excluding hydrogens is 387 g/mol. The fourth-order valence-electron chi connectivity index (χ4n) is 2.90. The highest BCUT2D eigenvalue weighted by Gasteiger charge is 2.21. The average molecular weight is 411 g/mol. The maximum atomic E-state index is 12.3. The largest absolute Gasteiger partial charge is 0.399 e. The van der Waals surface area contributed by atoms with E-state index < -0.39 is 0 Å². The van der Waals surface area contributed by atoms with E-state index >= 15 is 0 Å². The zero-order valence-electron chi connectivity index (χ0n) is 14.8. The van der Waals surface area contributed by atoms with E-state index in [4.69, 9.17) is 5.73 Å². The summed E-state index contributed by atoms with van der Waals surface area (Å²) in [5, 5.41) is 2.67. The Hall–Kier alpha value is -2.44. The van der Waals surface area contributed by atoms with Gasteiger partial charge in [-0.3, -0.25) is 9.59 Å². The highest BCUT2D eigenvalue weighted by molar-refractivity contribution is 5.97. The molecule has 1 fully saturated rings. The molecule has 0 aliphatic carbocycles. The molecule has 0 bridgehead atoms. The molecule has 3 rings (SSSR count). The molecule has 1 aliphatic rings. The molecule has 0 aromatic heterocycles. The van der Waals surface area contributed by atoms with E-state index in [1.165, 1.54) is 5.69 Å². The summed E-state index contributed by atoms with van der Waals surface area (Å²) in [7, 11) is 0.